The molecule has 0 amide bonds. The molecule has 7 nitrogen and oxygen atoms in total. The maximum Gasteiger partial charge on any atom is 0.305 e. The van der Waals surface area contributed by atoms with Gasteiger partial charge in [-0.1, -0.05) is 6.92 Å². The molecule has 3 heterocycles. The molecule has 0 aliphatic carbocycles. The molecule has 3 saturated heterocycles. The molecular formula is C15H24O7. The summed E-state index contributed by atoms with van der Waals surface area (Å²) in [6.07, 6.45) is -0.782. The summed E-state index contributed by atoms with van der Waals surface area (Å²) in [6, 6.07) is 0. The van der Waals surface area contributed by atoms with Gasteiger partial charge >= 0.3 is 5.97 Å². The summed E-state index contributed by atoms with van der Waals surface area (Å²) in [7, 11) is 0. The molecule has 0 bridgehead atoms. The number of carbonyl (C=O) groups is 1. The van der Waals surface area contributed by atoms with Gasteiger partial charge in [0.2, 0.25) is 5.79 Å². The van der Waals surface area contributed by atoms with Crippen LogP contribution in [0, 0.1) is 0 Å². The molecule has 0 aromatic rings. The molecule has 4 atom stereocenters. The molecule has 7 heteroatoms. The van der Waals surface area contributed by atoms with Crippen LogP contribution in [0.4, 0.5) is 0 Å². The summed E-state index contributed by atoms with van der Waals surface area (Å²) in [5.41, 5.74) is 0. The minimum absolute atomic E-state index is 0.0270. The lowest BCUT2D eigenvalue weighted by Crippen LogP contribution is -2.60. The molecule has 0 radical (unpaired) electrons. The zero-order chi connectivity index (χ0) is 16.2. The number of fused-ring (bicyclic) bond motifs is 3. The molecule has 0 N–H and O–H groups in total. The second-order valence-electron chi connectivity index (χ2n) is 6.82. The minimum Gasteiger partial charge on any atom is -0.460 e. The van der Waals surface area contributed by atoms with Gasteiger partial charge in [-0.15, -0.1) is 0 Å². The fourth-order valence-corrected chi connectivity index (χ4v) is 3.23. The Morgan fingerprint density at radius 1 is 1.14 bits per heavy atom. The zero-order valence-electron chi connectivity index (χ0n) is 13.7. The molecule has 0 spiro atoms. The van der Waals surface area contributed by atoms with Gasteiger partial charge in [-0.3, -0.25) is 4.79 Å². The van der Waals surface area contributed by atoms with Gasteiger partial charge < -0.3 is 28.4 Å². The normalized spacial score (nSPS) is 41.8. The fraction of sp³-hybridized carbons (Fsp3) is 0.933. The van der Waals surface area contributed by atoms with Crippen LogP contribution in [0.15, 0.2) is 0 Å². The van der Waals surface area contributed by atoms with E-state index in [-0.39, 0.29) is 24.8 Å². The van der Waals surface area contributed by atoms with Crippen LogP contribution in [-0.4, -0.2) is 54.9 Å². The molecule has 3 fully saturated rings. The predicted molar refractivity (Wildman–Crippen MR) is 73.8 cm³/mol. The average molecular weight is 316 g/mol. The van der Waals surface area contributed by atoms with Crippen molar-refractivity contribution in [3.05, 3.63) is 0 Å². The average Bonchev–Trinajstić information content (AvgIpc) is 2.87. The Hall–Kier alpha value is -0.730. The van der Waals surface area contributed by atoms with Crippen LogP contribution in [0.1, 0.15) is 41.0 Å². The van der Waals surface area contributed by atoms with Crippen molar-refractivity contribution in [2.75, 3.05) is 13.2 Å². The van der Waals surface area contributed by atoms with Crippen molar-refractivity contribution in [3.8, 4) is 0 Å². The molecule has 0 unspecified atom stereocenters. The monoisotopic (exact) mass is 316 g/mol. The van der Waals surface area contributed by atoms with Crippen LogP contribution in [0.3, 0.4) is 0 Å². The second-order valence-corrected chi connectivity index (χ2v) is 6.82. The van der Waals surface area contributed by atoms with Crippen molar-refractivity contribution in [1.29, 1.82) is 0 Å². The fourth-order valence-electron chi connectivity index (χ4n) is 3.23. The van der Waals surface area contributed by atoms with Gasteiger partial charge in [0.1, 0.15) is 24.9 Å². The van der Waals surface area contributed by atoms with Crippen molar-refractivity contribution >= 4 is 5.97 Å². The van der Waals surface area contributed by atoms with E-state index in [9.17, 15) is 4.79 Å². The smallest absolute Gasteiger partial charge is 0.305 e. The highest BCUT2D eigenvalue weighted by Gasteiger charge is 2.65. The predicted octanol–water partition coefficient (Wildman–Crippen LogP) is 1.34. The molecule has 22 heavy (non-hydrogen) atoms. The second kappa shape index (κ2) is 5.14. The Bertz CT molecular complexity index is 461. The lowest BCUT2D eigenvalue weighted by Gasteiger charge is -2.40. The van der Waals surface area contributed by atoms with Crippen molar-refractivity contribution < 1.29 is 33.2 Å². The number of rotatable bonds is 3. The van der Waals surface area contributed by atoms with E-state index in [1.807, 2.05) is 13.8 Å². The Balaban J connectivity index is 1.83. The SMILES string of the molecule is CCC(=O)OC[C@@]12OC[C@H]3OC(C)(C)O[C@H]3[C@@H]1OC(C)(C)O2. The van der Waals surface area contributed by atoms with Crippen molar-refractivity contribution in [2.45, 2.75) is 76.7 Å². The molecule has 126 valence electrons. The summed E-state index contributed by atoms with van der Waals surface area (Å²) >= 11 is 0. The van der Waals surface area contributed by atoms with Crippen LogP contribution in [-0.2, 0) is 33.2 Å². The van der Waals surface area contributed by atoms with Gasteiger partial charge in [-0.2, -0.15) is 0 Å². The van der Waals surface area contributed by atoms with E-state index in [0.29, 0.717) is 13.0 Å². The molecular weight excluding hydrogens is 292 g/mol. The van der Waals surface area contributed by atoms with Gasteiger partial charge in [0.05, 0.1) is 6.61 Å². The van der Waals surface area contributed by atoms with Gasteiger partial charge in [-0.05, 0) is 27.7 Å². The van der Waals surface area contributed by atoms with Crippen molar-refractivity contribution in [2.24, 2.45) is 0 Å². The molecule has 3 aliphatic rings. The first-order chi connectivity index (χ1) is 10.2. The van der Waals surface area contributed by atoms with Crippen LogP contribution < -0.4 is 0 Å². The third kappa shape index (κ3) is 2.76. The Labute approximate surface area is 130 Å². The first-order valence-corrected chi connectivity index (χ1v) is 7.70. The van der Waals surface area contributed by atoms with E-state index in [4.69, 9.17) is 28.4 Å². The van der Waals surface area contributed by atoms with Gasteiger partial charge in [0.25, 0.3) is 0 Å². The zero-order valence-corrected chi connectivity index (χ0v) is 13.7. The maximum absolute atomic E-state index is 11.5. The summed E-state index contributed by atoms with van der Waals surface area (Å²) < 4.78 is 34.9. The number of carbonyl (C=O) groups excluding carboxylic acids is 1. The van der Waals surface area contributed by atoms with Crippen LogP contribution in [0.5, 0.6) is 0 Å². The van der Waals surface area contributed by atoms with E-state index >= 15 is 0 Å². The molecule has 0 aromatic carbocycles. The quantitative estimate of drug-likeness (QED) is 0.727. The van der Waals surface area contributed by atoms with E-state index in [2.05, 4.69) is 0 Å². The van der Waals surface area contributed by atoms with Crippen molar-refractivity contribution in [3.63, 3.8) is 0 Å². The van der Waals surface area contributed by atoms with E-state index in [1.54, 1.807) is 20.8 Å². The Morgan fingerprint density at radius 3 is 2.55 bits per heavy atom. The Morgan fingerprint density at radius 2 is 1.86 bits per heavy atom. The van der Waals surface area contributed by atoms with Crippen molar-refractivity contribution in [1.82, 2.24) is 0 Å². The topological polar surface area (TPSA) is 72.5 Å². The first-order valence-electron chi connectivity index (χ1n) is 7.70. The van der Waals surface area contributed by atoms with Gasteiger partial charge in [-0.25, -0.2) is 0 Å². The minimum atomic E-state index is -1.15. The van der Waals surface area contributed by atoms with E-state index < -0.39 is 23.5 Å². The van der Waals surface area contributed by atoms with Gasteiger partial charge in [0, 0.05) is 6.42 Å². The van der Waals surface area contributed by atoms with Crippen LogP contribution >= 0.6 is 0 Å². The van der Waals surface area contributed by atoms with E-state index in [0.717, 1.165) is 0 Å². The molecule has 0 saturated carbocycles. The summed E-state index contributed by atoms with van der Waals surface area (Å²) in [5, 5.41) is 0. The van der Waals surface area contributed by atoms with Crippen LogP contribution in [0.25, 0.3) is 0 Å². The highest BCUT2D eigenvalue weighted by atomic mass is 16.9. The molecule has 0 aromatic heterocycles. The summed E-state index contributed by atoms with van der Waals surface area (Å²) in [4.78, 5) is 11.5. The summed E-state index contributed by atoms with van der Waals surface area (Å²) in [6.45, 7) is 9.31. The maximum atomic E-state index is 11.5. The number of hydrogen-bond acceptors (Lipinski definition) is 7. The largest absolute Gasteiger partial charge is 0.460 e. The number of esters is 1. The van der Waals surface area contributed by atoms with Crippen LogP contribution in [0.2, 0.25) is 0 Å². The third-order valence-corrected chi connectivity index (χ3v) is 4.00. The molecule has 3 rings (SSSR count). The number of ether oxygens (including phenoxy) is 6. The third-order valence-electron chi connectivity index (χ3n) is 4.00. The number of hydrogen-bond donors (Lipinski definition) is 0. The highest BCUT2D eigenvalue weighted by molar-refractivity contribution is 5.68. The Kier molecular flexibility index (Phi) is 3.77. The standard InChI is InChI=1S/C15H24O7/c1-6-10(16)17-8-15-12(21-14(4,5)22-15)11-9(7-18-15)19-13(2,3)20-11/h9,11-12H,6-8H2,1-5H3/t9-,11-,12+,15+/m1/s1. The van der Waals surface area contributed by atoms with E-state index in [1.165, 1.54) is 0 Å². The summed E-state index contributed by atoms with van der Waals surface area (Å²) in [5.74, 6) is -3.02. The lowest BCUT2D eigenvalue weighted by molar-refractivity contribution is -0.296. The molecule has 3 aliphatic heterocycles. The highest BCUT2D eigenvalue weighted by Crippen LogP contribution is 2.47. The van der Waals surface area contributed by atoms with Gasteiger partial charge in [0.15, 0.2) is 11.6 Å². The first kappa shape index (κ1) is 16.1. The lowest BCUT2D eigenvalue weighted by atomic mass is 9.97.